The molecule has 0 amide bonds. The van der Waals surface area contributed by atoms with Gasteiger partial charge in [-0.3, -0.25) is 14.4 Å². The van der Waals surface area contributed by atoms with Crippen molar-refractivity contribution in [3.8, 4) is 6.07 Å². The molecule has 2 unspecified atom stereocenters. The van der Waals surface area contributed by atoms with Gasteiger partial charge in [-0.2, -0.15) is 5.26 Å². The zero-order valence-corrected chi connectivity index (χ0v) is 24.3. The molecule has 0 aliphatic heterocycles. The Morgan fingerprint density at radius 2 is 1.54 bits per heavy atom. The van der Waals surface area contributed by atoms with Crippen molar-refractivity contribution in [2.45, 2.75) is 106 Å². The van der Waals surface area contributed by atoms with E-state index in [1.807, 2.05) is 13.8 Å². The minimum atomic E-state index is -0.600. The summed E-state index contributed by atoms with van der Waals surface area (Å²) in [5.41, 5.74) is -1.57. The molecular weight excluding hydrogens is 462 g/mol. The third kappa shape index (κ3) is 3.23. The lowest BCUT2D eigenvalue weighted by Crippen LogP contribution is -2.70. The second kappa shape index (κ2) is 7.92. The van der Waals surface area contributed by atoms with Crippen LogP contribution >= 0.6 is 0 Å². The number of ketones is 2. The number of hydrogen-bond donors (Lipinski definition) is 0. The predicted octanol–water partition coefficient (Wildman–Crippen LogP) is 6.54. The third-order valence-electron chi connectivity index (χ3n) is 13.5. The van der Waals surface area contributed by atoms with Crippen LogP contribution < -0.4 is 0 Å². The van der Waals surface area contributed by atoms with Crippen LogP contribution in [0.3, 0.4) is 0 Å². The Morgan fingerprint density at radius 1 is 0.892 bits per heavy atom. The van der Waals surface area contributed by atoms with Crippen LogP contribution in [0.5, 0.6) is 0 Å². The van der Waals surface area contributed by atoms with Gasteiger partial charge in [0.15, 0.2) is 5.78 Å². The van der Waals surface area contributed by atoms with Crippen molar-refractivity contribution >= 4 is 17.5 Å². The number of carbonyl (C=O) groups excluding carboxylic acids is 3. The van der Waals surface area contributed by atoms with Gasteiger partial charge in [-0.15, -0.1) is 0 Å². The molecule has 0 radical (unpaired) electrons. The minimum Gasteiger partial charge on any atom is -0.469 e. The average molecular weight is 510 g/mol. The minimum absolute atomic E-state index is 0.00878. The van der Waals surface area contributed by atoms with Gasteiger partial charge in [0, 0.05) is 17.8 Å². The van der Waals surface area contributed by atoms with E-state index in [2.05, 4.69) is 40.7 Å². The first-order valence-corrected chi connectivity index (χ1v) is 14.6. The van der Waals surface area contributed by atoms with Crippen LogP contribution in [-0.2, 0) is 19.1 Å². The van der Waals surface area contributed by atoms with Gasteiger partial charge in [0.1, 0.15) is 11.7 Å². The first-order chi connectivity index (χ1) is 17.0. The van der Waals surface area contributed by atoms with E-state index in [0.29, 0.717) is 18.6 Å². The number of nitriles is 1. The summed E-state index contributed by atoms with van der Waals surface area (Å²) in [7, 11) is 1.50. The molecule has 0 N–H and O–H groups in total. The van der Waals surface area contributed by atoms with Crippen molar-refractivity contribution in [2.75, 3.05) is 7.11 Å². The molecule has 5 aliphatic carbocycles. The van der Waals surface area contributed by atoms with Crippen LogP contribution in [0.25, 0.3) is 0 Å². The Kier molecular flexibility index (Phi) is 5.76. The molecule has 5 nitrogen and oxygen atoms in total. The summed E-state index contributed by atoms with van der Waals surface area (Å²) in [6, 6.07) is 2.34. The van der Waals surface area contributed by atoms with E-state index in [9.17, 15) is 19.6 Å². The van der Waals surface area contributed by atoms with Gasteiger partial charge in [0.25, 0.3) is 0 Å². The Balaban J connectivity index is 1.61. The predicted molar refractivity (Wildman–Crippen MR) is 141 cm³/mol. The molecule has 5 aliphatic rings. The van der Waals surface area contributed by atoms with Crippen molar-refractivity contribution in [1.29, 1.82) is 5.26 Å². The van der Waals surface area contributed by atoms with Gasteiger partial charge >= 0.3 is 5.97 Å². The van der Waals surface area contributed by atoms with Crippen LogP contribution in [0.4, 0.5) is 0 Å². The zero-order chi connectivity index (χ0) is 27.4. The second-order valence-electron chi connectivity index (χ2n) is 15.7. The summed E-state index contributed by atoms with van der Waals surface area (Å²) in [5.74, 6) is -0.150. The molecule has 204 valence electrons. The standard InChI is InChI=1S/C32H47NO4/c1-27(2)11-13-32(26(36)37-8)14-12-31(7)24(20(32)17-27)21(34)15-23-29(5)16-19(18-33)25(35)28(3,4)22(29)9-10-30(23,31)6/h19-20,22-24H,9-17H2,1-8H3/t19?,20-,22-,23?,24-,29-,30+,31+,32-/m0/s1. The fourth-order valence-corrected chi connectivity index (χ4v) is 11.4. The van der Waals surface area contributed by atoms with E-state index in [1.54, 1.807) is 0 Å². The summed E-state index contributed by atoms with van der Waals surface area (Å²) >= 11 is 0. The Labute approximate surface area is 223 Å². The number of esters is 1. The fourth-order valence-electron chi connectivity index (χ4n) is 11.4. The summed E-state index contributed by atoms with van der Waals surface area (Å²) in [6.45, 7) is 15.7. The summed E-state index contributed by atoms with van der Waals surface area (Å²) in [6.07, 6.45) is 7.32. The van der Waals surface area contributed by atoms with Crippen molar-refractivity contribution in [2.24, 2.45) is 62.1 Å². The average Bonchev–Trinajstić information content (AvgIpc) is 2.82. The fraction of sp³-hybridized carbons (Fsp3) is 0.875. The second-order valence-corrected chi connectivity index (χ2v) is 15.7. The smallest absolute Gasteiger partial charge is 0.312 e. The quantitative estimate of drug-likeness (QED) is 0.375. The van der Waals surface area contributed by atoms with Gasteiger partial charge < -0.3 is 4.74 Å². The van der Waals surface area contributed by atoms with E-state index in [-0.39, 0.29) is 57.1 Å². The molecule has 9 atom stereocenters. The van der Waals surface area contributed by atoms with Gasteiger partial charge in [-0.25, -0.2) is 0 Å². The molecule has 37 heavy (non-hydrogen) atoms. The molecule has 5 fully saturated rings. The maximum atomic E-state index is 14.5. The number of methoxy groups -OCH3 is 1. The number of hydrogen-bond acceptors (Lipinski definition) is 5. The SMILES string of the molecule is COC(=O)[C@]12CCC(C)(C)C[C@H]1[C@H]1C(=O)CC3[C@@]4(C)CC(C#N)C(=O)C(C)(C)[C@@H]4CC[C@@]3(C)[C@]1(C)CC2. The lowest BCUT2D eigenvalue weighted by Gasteiger charge is -2.72. The van der Waals surface area contributed by atoms with Crippen LogP contribution in [0, 0.1) is 73.4 Å². The molecule has 0 aromatic rings. The Hall–Kier alpha value is -1.70. The van der Waals surface area contributed by atoms with Crippen molar-refractivity contribution in [3.05, 3.63) is 0 Å². The maximum absolute atomic E-state index is 14.5. The van der Waals surface area contributed by atoms with Crippen molar-refractivity contribution in [3.63, 3.8) is 0 Å². The molecule has 0 spiro atoms. The van der Waals surface area contributed by atoms with Crippen LogP contribution in [0.15, 0.2) is 0 Å². The Morgan fingerprint density at radius 3 is 2.16 bits per heavy atom. The summed E-state index contributed by atoms with van der Waals surface area (Å²) < 4.78 is 5.43. The molecule has 0 bridgehead atoms. The van der Waals surface area contributed by atoms with Crippen LogP contribution in [0.1, 0.15) is 106 Å². The van der Waals surface area contributed by atoms with Gasteiger partial charge in [0.05, 0.1) is 18.6 Å². The molecule has 0 aromatic carbocycles. The van der Waals surface area contributed by atoms with E-state index in [4.69, 9.17) is 4.74 Å². The molecule has 5 saturated carbocycles. The van der Waals surface area contributed by atoms with Crippen LogP contribution in [-0.4, -0.2) is 24.6 Å². The van der Waals surface area contributed by atoms with Crippen molar-refractivity contribution in [1.82, 2.24) is 0 Å². The number of carbonyl (C=O) groups is 3. The highest BCUT2D eigenvalue weighted by molar-refractivity contribution is 5.90. The van der Waals surface area contributed by atoms with E-state index >= 15 is 0 Å². The van der Waals surface area contributed by atoms with E-state index < -0.39 is 16.7 Å². The van der Waals surface area contributed by atoms with Crippen molar-refractivity contribution < 1.29 is 19.1 Å². The lowest BCUT2D eigenvalue weighted by molar-refractivity contribution is -0.237. The molecule has 0 saturated heterocycles. The van der Waals surface area contributed by atoms with E-state index in [0.717, 1.165) is 44.9 Å². The number of Topliss-reactive ketones (excluding diaryl/α,β-unsaturated/α-hetero) is 2. The van der Waals surface area contributed by atoms with E-state index in [1.165, 1.54) is 7.11 Å². The highest BCUT2D eigenvalue weighted by Crippen LogP contribution is 2.76. The first-order valence-electron chi connectivity index (χ1n) is 14.6. The lowest BCUT2D eigenvalue weighted by atomic mass is 9.31. The Bertz CT molecular complexity index is 1080. The number of ether oxygens (including phenoxy) is 1. The number of nitrogens with zero attached hydrogens (tertiary/aromatic N) is 1. The highest BCUT2D eigenvalue weighted by atomic mass is 16.5. The first kappa shape index (κ1) is 26.9. The number of fused-ring (bicyclic) bond motifs is 7. The molecule has 5 rings (SSSR count). The highest BCUT2D eigenvalue weighted by Gasteiger charge is 2.73. The molecule has 0 aromatic heterocycles. The maximum Gasteiger partial charge on any atom is 0.312 e. The van der Waals surface area contributed by atoms with Gasteiger partial charge in [-0.1, -0.05) is 48.5 Å². The topological polar surface area (TPSA) is 84.2 Å². The van der Waals surface area contributed by atoms with Gasteiger partial charge in [0.2, 0.25) is 0 Å². The molecule has 0 heterocycles. The van der Waals surface area contributed by atoms with Crippen LogP contribution in [0.2, 0.25) is 0 Å². The summed E-state index contributed by atoms with van der Waals surface area (Å²) in [5, 5.41) is 9.95. The normalized spacial score (nSPS) is 50.0. The molecular formula is C32H47NO4. The zero-order valence-electron chi connectivity index (χ0n) is 24.3. The largest absolute Gasteiger partial charge is 0.469 e. The third-order valence-corrected chi connectivity index (χ3v) is 13.5. The number of rotatable bonds is 1. The van der Waals surface area contributed by atoms with Gasteiger partial charge in [-0.05, 0) is 90.8 Å². The molecule has 5 heteroatoms. The summed E-state index contributed by atoms with van der Waals surface area (Å²) in [4.78, 5) is 41.1. The monoisotopic (exact) mass is 509 g/mol.